The Kier molecular flexibility index (Phi) is 5.04. The largest absolute Gasteiger partial charge is 0.310 e. The fourth-order valence-electron chi connectivity index (χ4n) is 2.16. The Labute approximate surface area is 115 Å². The SMILES string of the molecule is CCNC(CCc1ccccn1)c1ccc(C)nc1. The van der Waals surface area contributed by atoms with Crippen LogP contribution in [0.25, 0.3) is 0 Å². The predicted octanol–water partition coefficient (Wildman–Crippen LogP) is 3.07. The third kappa shape index (κ3) is 4.14. The van der Waals surface area contributed by atoms with Gasteiger partial charge in [0.1, 0.15) is 0 Å². The van der Waals surface area contributed by atoms with Crippen molar-refractivity contribution in [3.8, 4) is 0 Å². The highest BCUT2D eigenvalue weighted by Crippen LogP contribution is 2.18. The molecular formula is C16H21N3. The molecule has 100 valence electrons. The van der Waals surface area contributed by atoms with Crippen molar-refractivity contribution >= 4 is 0 Å². The first kappa shape index (κ1) is 13.7. The number of rotatable bonds is 6. The highest BCUT2D eigenvalue weighted by atomic mass is 14.9. The lowest BCUT2D eigenvalue weighted by Gasteiger charge is -2.18. The second kappa shape index (κ2) is 7.00. The molecule has 1 unspecified atom stereocenters. The molecule has 3 nitrogen and oxygen atoms in total. The zero-order valence-corrected chi connectivity index (χ0v) is 11.6. The molecule has 0 bridgehead atoms. The van der Waals surface area contributed by atoms with E-state index in [1.54, 1.807) is 0 Å². The van der Waals surface area contributed by atoms with Crippen LogP contribution in [0, 0.1) is 6.92 Å². The zero-order valence-electron chi connectivity index (χ0n) is 11.6. The highest BCUT2D eigenvalue weighted by molar-refractivity contribution is 5.17. The molecule has 0 aliphatic carbocycles. The third-order valence-electron chi connectivity index (χ3n) is 3.20. The Morgan fingerprint density at radius 2 is 2.05 bits per heavy atom. The number of aryl methyl sites for hydroxylation is 2. The first-order chi connectivity index (χ1) is 9.29. The molecule has 1 atom stereocenters. The van der Waals surface area contributed by atoms with Crippen molar-refractivity contribution in [2.24, 2.45) is 0 Å². The maximum atomic E-state index is 4.38. The van der Waals surface area contributed by atoms with Crippen molar-refractivity contribution in [1.82, 2.24) is 15.3 Å². The van der Waals surface area contributed by atoms with E-state index >= 15 is 0 Å². The molecule has 2 aromatic rings. The van der Waals surface area contributed by atoms with Gasteiger partial charge in [-0.1, -0.05) is 19.1 Å². The molecule has 2 rings (SSSR count). The lowest BCUT2D eigenvalue weighted by atomic mass is 10.0. The molecule has 0 saturated carbocycles. The molecule has 2 aromatic heterocycles. The maximum absolute atomic E-state index is 4.38. The van der Waals surface area contributed by atoms with Crippen LogP contribution in [0.5, 0.6) is 0 Å². The summed E-state index contributed by atoms with van der Waals surface area (Å²) in [4.78, 5) is 8.76. The molecule has 0 amide bonds. The average molecular weight is 255 g/mol. The Morgan fingerprint density at radius 3 is 2.68 bits per heavy atom. The Balaban J connectivity index is 2.02. The maximum Gasteiger partial charge on any atom is 0.0404 e. The van der Waals surface area contributed by atoms with E-state index in [0.717, 1.165) is 30.8 Å². The molecule has 0 fully saturated rings. The van der Waals surface area contributed by atoms with Crippen molar-refractivity contribution in [3.05, 3.63) is 59.7 Å². The van der Waals surface area contributed by atoms with Gasteiger partial charge in [-0.3, -0.25) is 9.97 Å². The topological polar surface area (TPSA) is 37.8 Å². The van der Waals surface area contributed by atoms with Crippen LogP contribution in [-0.2, 0) is 6.42 Å². The van der Waals surface area contributed by atoms with Crippen molar-refractivity contribution < 1.29 is 0 Å². The van der Waals surface area contributed by atoms with Crippen LogP contribution in [0.4, 0.5) is 0 Å². The fraction of sp³-hybridized carbons (Fsp3) is 0.375. The molecule has 1 N–H and O–H groups in total. The quantitative estimate of drug-likeness (QED) is 0.862. The molecule has 0 spiro atoms. The summed E-state index contributed by atoms with van der Waals surface area (Å²) in [7, 11) is 0. The minimum absolute atomic E-state index is 0.347. The van der Waals surface area contributed by atoms with E-state index in [0.29, 0.717) is 6.04 Å². The van der Waals surface area contributed by atoms with E-state index in [9.17, 15) is 0 Å². The molecule has 0 aliphatic heterocycles. The van der Waals surface area contributed by atoms with Gasteiger partial charge in [0.2, 0.25) is 0 Å². The van der Waals surface area contributed by atoms with Crippen LogP contribution in [0.15, 0.2) is 42.7 Å². The standard InChI is InChI=1S/C16H21N3/c1-3-17-16(14-8-7-13(2)19-12-14)10-9-15-6-4-5-11-18-15/h4-8,11-12,16-17H,3,9-10H2,1-2H3. The van der Waals surface area contributed by atoms with Gasteiger partial charge < -0.3 is 5.32 Å². The van der Waals surface area contributed by atoms with Gasteiger partial charge in [0.15, 0.2) is 0 Å². The van der Waals surface area contributed by atoms with Gasteiger partial charge in [0, 0.05) is 29.8 Å². The summed E-state index contributed by atoms with van der Waals surface area (Å²) >= 11 is 0. The van der Waals surface area contributed by atoms with Gasteiger partial charge >= 0.3 is 0 Å². The first-order valence-corrected chi connectivity index (χ1v) is 6.85. The van der Waals surface area contributed by atoms with Gasteiger partial charge in [-0.05, 0) is 50.1 Å². The first-order valence-electron chi connectivity index (χ1n) is 6.85. The van der Waals surface area contributed by atoms with E-state index in [1.807, 2.05) is 31.5 Å². The zero-order chi connectivity index (χ0) is 13.5. The summed E-state index contributed by atoms with van der Waals surface area (Å²) in [6, 6.07) is 10.7. The molecule has 0 saturated heterocycles. The number of nitrogens with one attached hydrogen (secondary N) is 1. The Bertz CT molecular complexity index is 479. The van der Waals surface area contributed by atoms with Crippen molar-refractivity contribution in [2.45, 2.75) is 32.7 Å². The van der Waals surface area contributed by atoms with Gasteiger partial charge in [0.05, 0.1) is 0 Å². The smallest absolute Gasteiger partial charge is 0.0404 e. The van der Waals surface area contributed by atoms with Gasteiger partial charge in [-0.15, -0.1) is 0 Å². The fourth-order valence-corrected chi connectivity index (χ4v) is 2.16. The van der Waals surface area contributed by atoms with Crippen LogP contribution in [0.1, 0.15) is 36.3 Å². The van der Waals surface area contributed by atoms with Gasteiger partial charge in [0.25, 0.3) is 0 Å². The average Bonchev–Trinajstić information content (AvgIpc) is 2.46. The van der Waals surface area contributed by atoms with Crippen LogP contribution in [0.3, 0.4) is 0 Å². The van der Waals surface area contributed by atoms with Gasteiger partial charge in [-0.2, -0.15) is 0 Å². The van der Waals surface area contributed by atoms with E-state index in [-0.39, 0.29) is 0 Å². The van der Waals surface area contributed by atoms with E-state index < -0.39 is 0 Å². The minimum atomic E-state index is 0.347. The van der Waals surface area contributed by atoms with Crippen LogP contribution >= 0.6 is 0 Å². The molecule has 0 aromatic carbocycles. The third-order valence-corrected chi connectivity index (χ3v) is 3.20. The summed E-state index contributed by atoms with van der Waals surface area (Å²) in [6.07, 6.45) is 5.84. The monoisotopic (exact) mass is 255 g/mol. The lowest BCUT2D eigenvalue weighted by molar-refractivity contribution is 0.511. The predicted molar refractivity (Wildman–Crippen MR) is 77.9 cm³/mol. The molecule has 0 radical (unpaired) electrons. The number of hydrogen-bond acceptors (Lipinski definition) is 3. The van der Waals surface area contributed by atoms with E-state index in [4.69, 9.17) is 0 Å². The number of nitrogens with zero attached hydrogens (tertiary/aromatic N) is 2. The second-order valence-corrected chi connectivity index (χ2v) is 4.70. The summed E-state index contributed by atoms with van der Waals surface area (Å²) in [6.45, 7) is 5.11. The minimum Gasteiger partial charge on any atom is -0.310 e. The van der Waals surface area contributed by atoms with Crippen LogP contribution < -0.4 is 5.32 Å². The Hall–Kier alpha value is -1.74. The summed E-state index contributed by atoms with van der Waals surface area (Å²) in [5, 5.41) is 3.52. The van der Waals surface area contributed by atoms with Crippen molar-refractivity contribution in [1.29, 1.82) is 0 Å². The van der Waals surface area contributed by atoms with Crippen LogP contribution in [0.2, 0.25) is 0 Å². The lowest BCUT2D eigenvalue weighted by Crippen LogP contribution is -2.21. The normalized spacial score (nSPS) is 12.3. The summed E-state index contributed by atoms with van der Waals surface area (Å²) in [5.41, 5.74) is 3.46. The second-order valence-electron chi connectivity index (χ2n) is 4.70. The summed E-state index contributed by atoms with van der Waals surface area (Å²) < 4.78 is 0. The molecule has 0 aliphatic rings. The van der Waals surface area contributed by atoms with Crippen molar-refractivity contribution in [3.63, 3.8) is 0 Å². The number of hydrogen-bond donors (Lipinski definition) is 1. The van der Waals surface area contributed by atoms with E-state index in [1.165, 1.54) is 5.56 Å². The van der Waals surface area contributed by atoms with Crippen molar-refractivity contribution in [2.75, 3.05) is 6.54 Å². The molecular weight excluding hydrogens is 234 g/mol. The Morgan fingerprint density at radius 1 is 1.16 bits per heavy atom. The number of aromatic nitrogens is 2. The highest BCUT2D eigenvalue weighted by Gasteiger charge is 2.10. The molecule has 19 heavy (non-hydrogen) atoms. The summed E-state index contributed by atoms with van der Waals surface area (Å²) in [5.74, 6) is 0. The van der Waals surface area contributed by atoms with Gasteiger partial charge in [-0.25, -0.2) is 0 Å². The number of pyridine rings is 2. The molecule has 3 heteroatoms. The van der Waals surface area contributed by atoms with Crippen LogP contribution in [-0.4, -0.2) is 16.5 Å². The molecule has 2 heterocycles. The van der Waals surface area contributed by atoms with E-state index in [2.05, 4.69) is 40.4 Å².